The minimum atomic E-state index is 0. The Bertz CT molecular complexity index is 24.3. The van der Waals surface area contributed by atoms with E-state index in [0.717, 1.165) is 0 Å². The zero-order chi connectivity index (χ0) is 0. The molecule has 0 aromatic rings. The van der Waals surface area contributed by atoms with Gasteiger partial charge in [0.15, 0.2) is 0 Å². The molecule has 0 aliphatic carbocycles. The second-order valence-electron chi connectivity index (χ2n) is 0. The third-order valence-electron chi connectivity index (χ3n) is 0. The van der Waals surface area contributed by atoms with Crippen LogP contribution in [0.4, 0.5) is 0 Å². The molecule has 0 aliphatic heterocycles. The van der Waals surface area contributed by atoms with Crippen LogP contribution in [0.2, 0.25) is 0 Å². The SMILES string of the molecule is Cl.Cl.Cl.Cl.Cl.Cl.Cl.Cl.Cl.Cl.Cl.Cl.Cl.Cl.Cl.[Zn].[Zn].[Zn].[Zn].[Zn].[Zn].[Zn].[Zn].[Zn].[Zn]. The molecule has 0 fully saturated rings. The molecule has 0 nitrogen and oxygen atoms in total. The summed E-state index contributed by atoms with van der Waals surface area (Å²) < 4.78 is 0. The van der Waals surface area contributed by atoms with Crippen molar-refractivity contribution in [3.05, 3.63) is 0 Å². The maximum absolute atomic E-state index is 0. The molecule has 0 heterocycles. The fourth-order valence-corrected chi connectivity index (χ4v) is 0. The van der Waals surface area contributed by atoms with Gasteiger partial charge in [-0.25, -0.2) is 0 Å². The van der Waals surface area contributed by atoms with Crippen molar-refractivity contribution < 1.29 is 195 Å². The van der Waals surface area contributed by atoms with Crippen LogP contribution >= 0.6 is 186 Å². The Kier molecular flexibility index (Phi) is 5290. The average molecular weight is 1200 g/mol. The van der Waals surface area contributed by atoms with Crippen LogP contribution in [0.5, 0.6) is 0 Å². The normalized spacial score (nSPS) is 0. The van der Waals surface area contributed by atoms with Crippen molar-refractivity contribution in [1.29, 1.82) is 0 Å². The molecule has 0 radical (unpaired) electrons. The van der Waals surface area contributed by atoms with Gasteiger partial charge in [0, 0.05) is 195 Å². The topological polar surface area (TPSA) is 0 Å². The smallest absolute Gasteiger partial charge is 0 e. The second kappa shape index (κ2) is 348. The van der Waals surface area contributed by atoms with Gasteiger partial charge in [-0.2, -0.15) is 0 Å². The van der Waals surface area contributed by atoms with E-state index < -0.39 is 0 Å². The molecule has 0 unspecified atom stereocenters. The molecule has 0 N–H and O–H groups in total. The summed E-state index contributed by atoms with van der Waals surface area (Å²) >= 11 is 0. The molecule has 140 valence electrons. The standard InChI is InChI=1S/15ClH.10Zn/h15*1H;;;;;;;;;;. The van der Waals surface area contributed by atoms with Gasteiger partial charge in [-0.15, -0.1) is 186 Å². The summed E-state index contributed by atoms with van der Waals surface area (Å²) in [5.41, 5.74) is 0. The minimum absolute atomic E-state index is 0. The molecule has 0 bridgehead atoms. The molecule has 0 aromatic carbocycles. The van der Waals surface area contributed by atoms with Gasteiger partial charge in [-0.05, 0) is 0 Å². The van der Waals surface area contributed by atoms with Crippen molar-refractivity contribution in [2.75, 3.05) is 0 Å². The van der Waals surface area contributed by atoms with Gasteiger partial charge >= 0.3 is 0 Å². The van der Waals surface area contributed by atoms with Gasteiger partial charge in [-0.3, -0.25) is 0 Å². The third kappa shape index (κ3) is 328. The maximum atomic E-state index is 0. The second-order valence-corrected chi connectivity index (χ2v) is 0. The summed E-state index contributed by atoms with van der Waals surface area (Å²) in [6.07, 6.45) is 0. The molecule has 0 aliphatic rings. The summed E-state index contributed by atoms with van der Waals surface area (Å²) in [5.74, 6) is 0. The van der Waals surface area contributed by atoms with Gasteiger partial charge < -0.3 is 0 Å². The summed E-state index contributed by atoms with van der Waals surface area (Å²) in [7, 11) is 0. The Balaban J connectivity index is 0. The first-order valence-electron chi connectivity index (χ1n) is 0. The first-order valence-corrected chi connectivity index (χ1v) is 0. The van der Waals surface area contributed by atoms with E-state index in [1.54, 1.807) is 0 Å². The zero-order valence-corrected chi connectivity index (χ0v) is 55.1. The first-order chi connectivity index (χ1) is 0. The van der Waals surface area contributed by atoms with Crippen molar-refractivity contribution >= 4 is 186 Å². The van der Waals surface area contributed by atoms with E-state index in [9.17, 15) is 0 Å². The molecule has 25 heavy (non-hydrogen) atoms. The summed E-state index contributed by atoms with van der Waals surface area (Å²) in [4.78, 5) is 0. The van der Waals surface area contributed by atoms with Crippen LogP contribution in [0, 0.1) is 0 Å². The van der Waals surface area contributed by atoms with Gasteiger partial charge in [0.2, 0.25) is 0 Å². The molecule has 0 saturated carbocycles. The van der Waals surface area contributed by atoms with Gasteiger partial charge in [0.05, 0.1) is 0 Å². The predicted molar refractivity (Wildman–Crippen MR) is 109 cm³/mol. The summed E-state index contributed by atoms with van der Waals surface area (Å²) in [6, 6.07) is 0. The van der Waals surface area contributed by atoms with E-state index >= 15 is 0 Å². The zero-order valence-electron chi connectivity index (χ0n) is 13.2. The number of hydrogen-bond acceptors (Lipinski definition) is 0. The van der Waals surface area contributed by atoms with E-state index in [4.69, 9.17) is 0 Å². The van der Waals surface area contributed by atoms with Crippen molar-refractivity contribution in [1.82, 2.24) is 0 Å². The molecule has 0 aromatic heterocycles. The van der Waals surface area contributed by atoms with Crippen molar-refractivity contribution in [3.63, 3.8) is 0 Å². The fourth-order valence-electron chi connectivity index (χ4n) is 0. The Morgan fingerprint density at radius 2 is 0.0800 bits per heavy atom. The van der Waals surface area contributed by atoms with E-state index in [1.807, 2.05) is 0 Å². The monoisotopic (exact) mass is 1180 g/mol. The van der Waals surface area contributed by atoms with Gasteiger partial charge in [0.25, 0.3) is 0 Å². The van der Waals surface area contributed by atoms with Crippen molar-refractivity contribution in [3.8, 4) is 0 Å². The average Bonchev–Trinajstić information content (AvgIpc) is 0. The fraction of sp³-hybridized carbons (Fsp3) is 0. The van der Waals surface area contributed by atoms with E-state index in [-0.39, 0.29) is 381 Å². The predicted octanol–water partition coefficient (Wildman–Crippen LogP) is 6.30. The molecule has 0 saturated heterocycles. The Labute approximate surface area is 372 Å². The molecule has 0 spiro atoms. The van der Waals surface area contributed by atoms with E-state index in [2.05, 4.69) is 0 Å². The molecular formula is H15Cl15Zn10. The number of hydrogen-bond donors (Lipinski definition) is 0. The van der Waals surface area contributed by atoms with Crippen LogP contribution in [-0.4, -0.2) is 0 Å². The quantitative estimate of drug-likeness (QED) is 0.250. The Morgan fingerprint density at radius 3 is 0.0800 bits per heavy atom. The summed E-state index contributed by atoms with van der Waals surface area (Å²) in [6.45, 7) is 0. The molecular weight excluding hydrogens is 1190 g/mol. The van der Waals surface area contributed by atoms with Crippen LogP contribution in [-0.2, 0) is 195 Å². The number of halogens is 15. The first kappa shape index (κ1) is 380. The Hall–Kier alpha value is 10.6. The molecule has 0 amide bonds. The van der Waals surface area contributed by atoms with Crippen LogP contribution in [0.1, 0.15) is 0 Å². The van der Waals surface area contributed by atoms with Crippen LogP contribution < -0.4 is 0 Å². The number of rotatable bonds is 0. The van der Waals surface area contributed by atoms with Crippen LogP contribution in [0.15, 0.2) is 0 Å². The third-order valence-corrected chi connectivity index (χ3v) is 0. The van der Waals surface area contributed by atoms with Crippen LogP contribution in [0.3, 0.4) is 0 Å². The minimum Gasteiger partial charge on any atom is -0.147 e. The summed E-state index contributed by atoms with van der Waals surface area (Å²) in [5, 5.41) is 0. The van der Waals surface area contributed by atoms with E-state index in [0.29, 0.717) is 0 Å². The molecule has 25 heteroatoms. The van der Waals surface area contributed by atoms with Crippen molar-refractivity contribution in [2.45, 2.75) is 0 Å². The van der Waals surface area contributed by atoms with Gasteiger partial charge in [0.1, 0.15) is 0 Å². The van der Waals surface area contributed by atoms with Crippen molar-refractivity contribution in [2.24, 2.45) is 0 Å². The largest absolute Gasteiger partial charge is 0.147 e. The molecule has 0 atom stereocenters. The van der Waals surface area contributed by atoms with E-state index in [1.165, 1.54) is 0 Å². The van der Waals surface area contributed by atoms with Gasteiger partial charge in [-0.1, -0.05) is 0 Å². The molecule has 0 rings (SSSR count). The van der Waals surface area contributed by atoms with Crippen LogP contribution in [0.25, 0.3) is 0 Å². The Morgan fingerprint density at radius 1 is 0.0800 bits per heavy atom. The maximum Gasteiger partial charge on any atom is 0 e.